The summed E-state index contributed by atoms with van der Waals surface area (Å²) < 4.78 is 18.5. The number of rotatable bonds is 8. The fraction of sp³-hybridized carbons (Fsp3) is 0.333. The van der Waals surface area contributed by atoms with Gasteiger partial charge < -0.3 is 10.1 Å². The van der Waals surface area contributed by atoms with Crippen molar-refractivity contribution in [3.8, 4) is 5.75 Å². The van der Waals surface area contributed by atoms with Crippen molar-refractivity contribution in [1.82, 2.24) is 5.32 Å². The number of anilines is 1. The summed E-state index contributed by atoms with van der Waals surface area (Å²) in [5, 5.41) is 3.13. The van der Waals surface area contributed by atoms with E-state index in [1.807, 2.05) is 6.92 Å². The summed E-state index contributed by atoms with van der Waals surface area (Å²) in [5.74, 6) is -0.0264. The van der Waals surface area contributed by atoms with Crippen LogP contribution in [0.2, 0.25) is 0 Å². The zero-order chi connectivity index (χ0) is 19.2. The minimum absolute atomic E-state index is 0.135. The van der Waals surface area contributed by atoms with E-state index < -0.39 is 6.04 Å². The van der Waals surface area contributed by atoms with Crippen LogP contribution in [0.1, 0.15) is 25.3 Å². The molecule has 2 aromatic carbocycles. The van der Waals surface area contributed by atoms with E-state index >= 15 is 0 Å². The standard InChI is InChI=1S/C21H23FN2O3/c1-2-13-27-18-9-7-17(8-10-18)24-20(25)14-19(21(24)26)23-12-11-15-3-5-16(22)6-4-15/h3-10,19,23H,2,11-14H2,1H3. The molecule has 1 aliphatic rings. The van der Waals surface area contributed by atoms with Gasteiger partial charge in [-0.1, -0.05) is 19.1 Å². The summed E-state index contributed by atoms with van der Waals surface area (Å²) in [4.78, 5) is 26.2. The van der Waals surface area contributed by atoms with Crippen molar-refractivity contribution in [2.24, 2.45) is 0 Å². The molecular formula is C21H23FN2O3. The van der Waals surface area contributed by atoms with Gasteiger partial charge in [0.05, 0.1) is 24.8 Å². The van der Waals surface area contributed by atoms with Gasteiger partial charge in [-0.3, -0.25) is 9.59 Å². The Morgan fingerprint density at radius 2 is 1.81 bits per heavy atom. The molecule has 1 unspecified atom stereocenters. The van der Waals surface area contributed by atoms with Crippen LogP contribution < -0.4 is 15.0 Å². The molecule has 0 radical (unpaired) electrons. The number of hydrogen-bond donors (Lipinski definition) is 1. The van der Waals surface area contributed by atoms with E-state index in [2.05, 4.69) is 5.32 Å². The summed E-state index contributed by atoms with van der Waals surface area (Å²) in [7, 11) is 0. The number of ether oxygens (including phenoxy) is 1. The second-order valence-electron chi connectivity index (χ2n) is 6.50. The first-order valence-electron chi connectivity index (χ1n) is 9.16. The van der Waals surface area contributed by atoms with Crippen LogP contribution in [0.3, 0.4) is 0 Å². The maximum Gasteiger partial charge on any atom is 0.251 e. The van der Waals surface area contributed by atoms with Gasteiger partial charge in [0.2, 0.25) is 5.91 Å². The van der Waals surface area contributed by atoms with Crippen LogP contribution in [-0.2, 0) is 16.0 Å². The predicted octanol–water partition coefficient (Wildman–Crippen LogP) is 3.08. The highest BCUT2D eigenvalue weighted by molar-refractivity contribution is 6.22. The molecule has 1 aliphatic heterocycles. The van der Waals surface area contributed by atoms with Gasteiger partial charge in [-0.2, -0.15) is 0 Å². The zero-order valence-electron chi connectivity index (χ0n) is 15.3. The van der Waals surface area contributed by atoms with Crippen LogP contribution in [0.15, 0.2) is 48.5 Å². The number of carbonyl (C=O) groups excluding carboxylic acids is 2. The minimum Gasteiger partial charge on any atom is -0.494 e. The molecule has 1 fully saturated rings. The van der Waals surface area contributed by atoms with Gasteiger partial charge in [-0.05, 0) is 61.3 Å². The van der Waals surface area contributed by atoms with E-state index in [4.69, 9.17) is 4.74 Å². The first kappa shape index (κ1) is 19.0. The van der Waals surface area contributed by atoms with Crippen molar-refractivity contribution in [3.05, 3.63) is 59.9 Å². The Morgan fingerprint density at radius 3 is 2.48 bits per heavy atom. The summed E-state index contributed by atoms with van der Waals surface area (Å²) in [6, 6.07) is 12.7. The highest BCUT2D eigenvalue weighted by atomic mass is 19.1. The molecule has 6 heteroatoms. The summed E-state index contributed by atoms with van der Waals surface area (Å²) in [6.07, 6.45) is 1.70. The molecule has 1 saturated heterocycles. The predicted molar refractivity (Wildman–Crippen MR) is 101 cm³/mol. The average molecular weight is 370 g/mol. The molecule has 0 aliphatic carbocycles. The smallest absolute Gasteiger partial charge is 0.251 e. The Hall–Kier alpha value is -2.73. The van der Waals surface area contributed by atoms with Crippen molar-refractivity contribution >= 4 is 17.5 Å². The number of carbonyl (C=O) groups is 2. The largest absolute Gasteiger partial charge is 0.494 e. The van der Waals surface area contributed by atoms with E-state index in [1.165, 1.54) is 17.0 Å². The average Bonchev–Trinajstić information content (AvgIpc) is 2.96. The monoisotopic (exact) mass is 370 g/mol. The quantitative estimate of drug-likeness (QED) is 0.726. The number of hydrogen-bond acceptors (Lipinski definition) is 4. The first-order valence-corrected chi connectivity index (χ1v) is 9.16. The minimum atomic E-state index is -0.533. The molecule has 0 aromatic heterocycles. The highest BCUT2D eigenvalue weighted by Gasteiger charge is 2.39. The topological polar surface area (TPSA) is 58.6 Å². The van der Waals surface area contributed by atoms with Gasteiger partial charge in [0, 0.05) is 0 Å². The number of amides is 2. The molecule has 27 heavy (non-hydrogen) atoms. The molecule has 1 heterocycles. The molecule has 142 valence electrons. The SMILES string of the molecule is CCCOc1ccc(N2C(=O)CC(NCCc3ccc(F)cc3)C2=O)cc1. The van der Waals surface area contributed by atoms with Gasteiger partial charge in [0.15, 0.2) is 0 Å². The van der Waals surface area contributed by atoms with Gasteiger partial charge in [0.25, 0.3) is 5.91 Å². The van der Waals surface area contributed by atoms with E-state index in [-0.39, 0.29) is 24.1 Å². The number of halogens is 1. The molecule has 2 aromatic rings. The number of imide groups is 1. The zero-order valence-corrected chi connectivity index (χ0v) is 15.3. The molecule has 1 N–H and O–H groups in total. The van der Waals surface area contributed by atoms with Crippen molar-refractivity contribution in [2.45, 2.75) is 32.2 Å². The number of nitrogens with one attached hydrogen (secondary N) is 1. The van der Waals surface area contributed by atoms with Crippen LogP contribution in [0.5, 0.6) is 5.75 Å². The summed E-state index contributed by atoms with van der Waals surface area (Å²) >= 11 is 0. The number of benzene rings is 2. The van der Waals surface area contributed by atoms with Crippen LogP contribution in [-0.4, -0.2) is 31.0 Å². The van der Waals surface area contributed by atoms with Gasteiger partial charge in [-0.25, -0.2) is 9.29 Å². The Morgan fingerprint density at radius 1 is 1.11 bits per heavy atom. The van der Waals surface area contributed by atoms with E-state index in [0.717, 1.165) is 12.0 Å². The molecule has 1 atom stereocenters. The summed E-state index contributed by atoms with van der Waals surface area (Å²) in [5.41, 5.74) is 1.52. The second kappa shape index (κ2) is 8.77. The Kier molecular flexibility index (Phi) is 6.19. The Bertz CT molecular complexity index is 790. The summed E-state index contributed by atoms with van der Waals surface area (Å²) in [6.45, 7) is 3.19. The third-order valence-electron chi connectivity index (χ3n) is 4.43. The fourth-order valence-corrected chi connectivity index (χ4v) is 3.02. The highest BCUT2D eigenvalue weighted by Crippen LogP contribution is 2.25. The molecule has 0 spiro atoms. The van der Waals surface area contributed by atoms with Gasteiger partial charge in [-0.15, -0.1) is 0 Å². The molecule has 5 nitrogen and oxygen atoms in total. The second-order valence-corrected chi connectivity index (χ2v) is 6.50. The lowest BCUT2D eigenvalue weighted by Gasteiger charge is -2.16. The van der Waals surface area contributed by atoms with Crippen molar-refractivity contribution < 1.29 is 18.7 Å². The maximum absolute atomic E-state index is 12.9. The van der Waals surface area contributed by atoms with Crippen molar-refractivity contribution in [1.29, 1.82) is 0 Å². The van der Waals surface area contributed by atoms with Crippen molar-refractivity contribution in [3.63, 3.8) is 0 Å². The van der Waals surface area contributed by atoms with Crippen LogP contribution in [0.25, 0.3) is 0 Å². The molecule has 0 bridgehead atoms. The molecular weight excluding hydrogens is 347 g/mol. The molecule has 2 amide bonds. The lowest BCUT2D eigenvalue weighted by atomic mass is 10.1. The van der Waals surface area contributed by atoms with E-state index in [9.17, 15) is 14.0 Å². The molecule has 0 saturated carbocycles. The third-order valence-corrected chi connectivity index (χ3v) is 4.43. The third kappa shape index (κ3) is 4.71. The van der Waals surface area contributed by atoms with E-state index in [1.54, 1.807) is 36.4 Å². The lowest BCUT2D eigenvalue weighted by molar-refractivity contribution is -0.121. The molecule has 3 rings (SSSR count). The maximum atomic E-state index is 12.9. The number of nitrogens with zero attached hydrogens (tertiary/aromatic N) is 1. The van der Waals surface area contributed by atoms with Crippen LogP contribution in [0, 0.1) is 5.82 Å². The lowest BCUT2D eigenvalue weighted by Crippen LogP contribution is -2.39. The van der Waals surface area contributed by atoms with Crippen LogP contribution >= 0.6 is 0 Å². The fourth-order valence-electron chi connectivity index (χ4n) is 3.02. The normalized spacial score (nSPS) is 16.8. The van der Waals surface area contributed by atoms with E-state index in [0.29, 0.717) is 31.0 Å². The van der Waals surface area contributed by atoms with Crippen LogP contribution in [0.4, 0.5) is 10.1 Å². The first-order chi connectivity index (χ1) is 13.1. The van der Waals surface area contributed by atoms with Gasteiger partial charge >= 0.3 is 0 Å². The van der Waals surface area contributed by atoms with Crippen molar-refractivity contribution in [2.75, 3.05) is 18.1 Å². The Labute approximate surface area is 158 Å². The van der Waals surface area contributed by atoms with Gasteiger partial charge in [0.1, 0.15) is 11.6 Å². The Balaban J connectivity index is 1.56.